The Hall–Kier alpha value is -1.25. The van der Waals surface area contributed by atoms with Crippen LogP contribution < -0.4 is 0 Å². The van der Waals surface area contributed by atoms with E-state index >= 15 is 0 Å². The molecule has 4 unspecified atom stereocenters. The van der Waals surface area contributed by atoms with Crippen molar-refractivity contribution in [1.82, 2.24) is 0 Å². The number of ether oxygens (including phenoxy) is 4. The van der Waals surface area contributed by atoms with Gasteiger partial charge in [0, 0.05) is 23.2 Å². The van der Waals surface area contributed by atoms with Crippen molar-refractivity contribution in [2.24, 2.45) is 11.8 Å². The van der Waals surface area contributed by atoms with Crippen LogP contribution in [0.1, 0.15) is 37.7 Å². The smallest absolute Gasteiger partial charge is 0.305 e. The van der Waals surface area contributed by atoms with Gasteiger partial charge in [-0.15, -0.1) is 0 Å². The van der Waals surface area contributed by atoms with Gasteiger partial charge in [0.05, 0.1) is 39.1 Å². The molecule has 1 aromatic carbocycles. The Labute approximate surface area is 186 Å². The maximum absolute atomic E-state index is 11.2. The Balaban J connectivity index is 1.58. The summed E-state index contributed by atoms with van der Waals surface area (Å²) in [5.74, 6) is -0.200. The maximum atomic E-state index is 11.2. The molecule has 6 nitrogen and oxygen atoms in total. The number of rotatable bonds is 10. The SMILES string of the molecule is COC(=O)CCC/C=C/CC1C(O)CC(OCc2ccccc2Br)C1C1OCCO1. The number of carbonyl (C=O) groups is 1. The summed E-state index contributed by atoms with van der Waals surface area (Å²) in [5, 5.41) is 10.8. The number of halogens is 1. The second-order valence-electron chi connectivity index (χ2n) is 7.77. The molecule has 1 aliphatic heterocycles. The summed E-state index contributed by atoms with van der Waals surface area (Å²) < 4.78 is 23.5. The second-order valence-corrected chi connectivity index (χ2v) is 8.62. The van der Waals surface area contributed by atoms with E-state index in [1.54, 1.807) is 0 Å². The summed E-state index contributed by atoms with van der Waals surface area (Å²) in [5.41, 5.74) is 1.08. The summed E-state index contributed by atoms with van der Waals surface area (Å²) in [6, 6.07) is 7.99. The lowest BCUT2D eigenvalue weighted by molar-refractivity contribution is -0.140. The summed E-state index contributed by atoms with van der Waals surface area (Å²) in [6.45, 7) is 1.62. The molecule has 0 amide bonds. The standard InChI is InChI=1S/C23H31BrO6/c1-27-21(26)11-5-3-2-4-9-17-19(25)14-20(22(17)23-28-12-13-29-23)30-15-16-8-6-7-10-18(16)24/h2,4,6-8,10,17,19-20,22-23,25H,3,5,9,11-15H2,1H3/b4-2+. The van der Waals surface area contributed by atoms with Crippen LogP contribution in [0.3, 0.4) is 0 Å². The first-order valence-corrected chi connectivity index (χ1v) is 11.4. The first kappa shape index (κ1) is 23.4. The highest BCUT2D eigenvalue weighted by atomic mass is 79.9. The molecule has 166 valence electrons. The first-order valence-electron chi connectivity index (χ1n) is 10.6. The molecule has 1 saturated heterocycles. The second kappa shape index (κ2) is 12.0. The lowest BCUT2D eigenvalue weighted by atomic mass is 9.89. The van der Waals surface area contributed by atoms with E-state index in [0.29, 0.717) is 32.7 Å². The summed E-state index contributed by atoms with van der Waals surface area (Å²) in [6.07, 6.45) is 6.49. The number of aliphatic hydroxyl groups excluding tert-OH is 1. The fourth-order valence-corrected chi connectivity index (χ4v) is 4.62. The van der Waals surface area contributed by atoms with E-state index in [4.69, 9.17) is 14.2 Å². The molecule has 7 heteroatoms. The molecular weight excluding hydrogens is 452 g/mol. The predicted octanol–water partition coefficient (Wildman–Crippen LogP) is 3.99. The molecule has 3 rings (SSSR count). The monoisotopic (exact) mass is 482 g/mol. The fourth-order valence-electron chi connectivity index (χ4n) is 4.22. The van der Waals surface area contributed by atoms with E-state index in [1.807, 2.05) is 24.3 Å². The third-order valence-corrected chi connectivity index (χ3v) is 6.59. The van der Waals surface area contributed by atoms with Crippen molar-refractivity contribution in [2.75, 3.05) is 20.3 Å². The lowest BCUT2D eigenvalue weighted by Crippen LogP contribution is -2.35. The van der Waals surface area contributed by atoms with Crippen LogP contribution in [-0.2, 0) is 30.3 Å². The molecule has 1 aromatic rings. The zero-order valence-electron chi connectivity index (χ0n) is 17.4. The van der Waals surface area contributed by atoms with Crippen LogP contribution in [0.4, 0.5) is 0 Å². The highest BCUT2D eigenvalue weighted by molar-refractivity contribution is 9.10. The molecule has 0 bridgehead atoms. The molecule has 1 saturated carbocycles. The van der Waals surface area contributed by atoms with Crippen LogP contribution in [0.2, 0.25) is 0 Å². The maximum Gasteiger partial charge on any atom is 0.305 e. The van der Waals surface area contributed by atoms with E-state index in [9.17, 15) is 9.90 Å². The molecule has 2 fully saturated rings. The molecule has 0 aromatic heterocycles. The van der Waals surface area contributed by atoms with Gasteiger partial charge in [0.2, 0.25) is 0 Å². The zero-order chi connectivity index (χ0) is 21.3. The lowest BCUT2D eigenvalue weighted by Gasteiger charge is -2.29. The van der Waals surface area contributed by atoms with Gasteiger partial charge in [0.15, 0.2) is 6.29 Å². The topological polar surface area (TPSA) is 74.2 Å². The zero-order valence-corrected chi connectivity index (χ0v) is 19.0. The number of aliphatic hydroxyl groups is 1. The summed E-state index contributed by atoms with van der Waals surface area (Å²) in [7, 11) is 1.40. The van der Waals surface area contributed by atoms with Gasteiger partial charge in [0.1, 0.15) is 0 Å². The Bertz CT molecular complexity index is 703. The number of hydrogen-bond donors (Lipinski definition) is 1. The van der Waals surface area contributed by atoms with Crippen LogP contribution in [0.5, 0.6) is 0 Å². The normalized spacial score (nSPS) is 27.2. The van der Waals surface area contributed by atoms with Gasteiger partial charge in [-0.05, 0) is 36.8 Å². The van der Waals surface area contributed by atoms with Gasteiger partial charge < -0.3 is 24.1 Å². The van der Waals surface area contributed by atoms with Gasteiger partial charge in [-0.2, -0.15) is 0 Å². The van der Waals surface area contributed by atoms with Crippen molar-refractivity contribution >= 4 is 21.9 Å². The van der Waals surface area contributed by atoms with Crippen molar-refractivity contribution in [3.8, 4) is 0 Å². The number of hydrogen-bond acceptors (Lipinski definition) is 6. The van der Waals surface area contributed by atoms with E-state index in [0.717, 1.165) is 29.3 Å². The van der Waals surface area contributed by atoms with Crippen LogP contribution >= 0.6 is 15.9 Å². The number of carbonyl (C=O) groups excluding carboxylic acids is 1. The van der Waals surface area contributed by atoms with E-state index in [-0.39, 0.29) is 30.2 Å². The van der Waals surface area contributed by atoms with E-state index in [2.05, 4.69) is 32.8 Å². The molecule has 1 aliphatic carbocycles. The Morgan fingerprint density at radius 1 is 1.27 bits per heavy atom. The molecule has 1 heterocycles. The Morgan fingerprint density at radius 3 is 2.77 bits per heavy atom. The summed E-state index contributed by atoms with van der Waals surface area (Å²) in [4.78, 5) is 11.2. The quantitative estimate of drug-likeness (QED) is 0.308. The highest BCUT2D eigenvalue weighted by Gasteiger charge is 2.48. The Morgan fingerprint density at radius 2 is 2.03 bits per heavy atom. The van der Waals surface area contributed by atoms with Gasteiger partial charge in [-0.3, -0.25) is 4.79 Å². The van der Waals surface area contributed by atoms with E-state index < -0.39 is 6.10 Å². The van der Waals surface area contributed by atoms with Gasteiger partial charge in [-0.25, -0.2) is 0 Å². The largest absolute Gasteiger partial charge is 0.469 e. The van der Waals surface area contributed by atoms with Gasteiger partial charge in [-0.1, -0.05) is 46.3 Å². The average molecular weight is 483 g/mol. The molecule has 0 radical (unpaired) electrons. The van der Waals surface area contributed by atoms with Gasteiger partial charge in [0.25, 0.3) is 0 Å². The van der Waals surface area contributed by atoms with Gasteiger partial charge >= 0.3 is 5.97 Å². The molecule has 2 aliphatic rings. The third kappa shape index (κ3) is 6.37. The number of methoxy groups -OCH3 is 1. The minimum Gasteiger partial charge on any atom is -0.469 e. The predicted molar refractivity (Wildman–Crippen MR) is 116 cm³/mol. The number of unbranched alkanes of at least 4 members (excludes halogenated alkanes) is 1. The van der Waals surface area contributed by atoms with Crippen LogP contribution in [0.15, 0.2) is 40.9 Å². The summed E-state index contributed by atoms with van der Waals surface area (Å²) >= 11 is 3.56. The first-order chi connectivity index (χ1) is 14.6. The number of esters is 1. The third-order valence-electron chi connectivity index (χ3n) is 5.82. The van der Waals surface area contributed by atoms with Crippen LogP contribution in [0, 0.1) is 11.8 Å². The fraction of sp³-hybridized carbons (Fsp3) is 0.609. The molecule has 4 atom stereocenters. The highest BCUT2D eigenvalue weighted by Crippen LogP contribution is 2.42. The van der Waals surface area contributed by atoms with Crippen molar-refractivity contribution in [3.05, 3.63) is 46.5 Å². The Kier molecular flexibility index (Phi) is 9.33. The molecule has 0 spiro atoms. The molecular formula is C23H31BrO6. The average Bonchev–Trinajstić information content (AvgIpc) is 3.37. The van der Waals surface area contributed by atoms with E-state index in [1.165, 1.54) is 7.11 Å². The molecule has 1 N–H and O–H groups in total. The minimum absolute atomic E-state index is 0.00849. The van der Waals surface area contributed by atoms with Crippen LogP contribution in [-0.4, -0.2) is 49.9 Å². The number of allylic oxidation sites excluding steroid dienone is 2. The van der Waals surface area contributed by atoms with Crippen molar-refractivity contribution < 1.29 is 28.8 Å². The molecule has 30 heavy (non-hydrogen) atoms. The van der Waals surface area contributed by atoms with Crippen molar-refractivity contribution in [2.45, 2.75) is 57.2 Å². The van der Waals surface area contributed by atoms with Crippen LogP contribution in [0.25, 0.3) is 0 Å². The van der Waals surface area contributed by atoms with Crippen molar-refractivity contribution in [3.63, 3.8) is 0 Å². The number of benzene rings is 1. The van der Waals surface area contributed by atoms with Crippen molar-refractivity contribution in [1.29, 1.82) is 0 Å². The minimum atomic E-state index is -0.466.